The van der Waals surface area contributed by atoms with E-state index < -0.39 is 11.2 Å². The molecule has 0 aliphatic heterocycles. The van der Waals surface area contributed by atoms with Crippen molar-refractivity contribution in [2.75, 3.05) is 7.11 Å². The van der Waals surface area contributed by atoms with E-state index in [4.69, 9.17) is 9.26 Å². The van der Waals surface area contributed by atoms with Gasteiger partial charge in [0.25, 0.3) is 17.4 Å². The first-order valence-electron chi connectivity index (χ1n) is 11.9. The Morgan fingerprint density at radius 2 is 1.71 bits per heavy atom. The number of nitrogens with zero attached hydrogens (tertiary/aromatic N) is 4. The molecule has 2 aromatic heterocycles. The second-order valence-corrected chi connectivity index (χ2v) is 8.84. The average molecular weight is 512 g/mol. The fourth-order valence-corrected chi connectivity index (χ4v) is 4.17. The van der Waals surface area contributed by atoms with Gasteiger partial charge in [-0.1, -0.05) is 29.4 Å². The van der Waals surface area contributed by atoms with Crippen molar-refractivity contribution in [2.45, 2.75) is 20.0 Å². The highest BCUT2D eigenvalue weighted by atomic mass is 16.5. The largest absolute Gasteiger partial charge is 0.497 e. The van der Waals surface area contributed by atoms with E-state index in [2.05, 4.69) is 15.5 Å². The summed E-state index contributed by atoms with van der Waals surface area (Å²) < 4.78 is 12.9. The summed E-state index contributed by atoms with van der Waals surface area (Å²) in [4.78, 5) is 43.5. The molecule has 0 unspecified atom stereocenters. The highest BCUT2D eigenvalue weighted by molar-refractivity contribution is 5.97. The third kappa shape index (κ3) is 4.83. The van der Waals surface area contributed by atoms with Gasteiger partial charge in [-0.25, -0.2) is 4.79 Å². The zero-order chi connectivity index (χ0) is 26.8. The number of hydrogen-bond acceptors (Lipinski definition) is 7. The second-order valence-electron chi connectivity index (χ2n) is 8.84. The molecule has 5 aromatic rings. The van der Waals surface area contributed by atoms with E-state index in [1.807, 2.05) is 24.3 Å². The topological polar surface area (TPSA) is 121 Å². The maximum absolute atomic E-state index is 13.4. The molecule has 1 amide bonds. The van der Waals surface area contributed by atoms with Crippen LogP contribution in [0, 0.1) is 6.92 Å². The lowest BCUT2D eigenvalue weighted by atomic mass is 10.1. The molecule has 3 aromatic carbocycles. The first kappa shape index (κ1) is 24.7. The van der Waals surface area contributed by atoms with Crippen molar-refractivity contribution < 1.29 is 14.1 Å². The van der Waals surface area contributed by atoms with E-state index in [-0.39, 0.29) is 17.8 Å². The van der Waals surface area contributed by atoms with Crippen LogP contribution in [0.4, 0.5) is 0 Å². The number of hydrogen-bond donors (Lipinski definition) is 1. The summed E-state index contributed by atoms with van der Waals surface area (Å²) in [5.41, 5.74) is 2.25. The van der Waals surface area contributed by atoms with Crippen molar-refractivity contribution in [3.8, 4) is 17.2 Å². The Balaban J connectivity index is 1.40. The van der Waals surface area contributed by atoms with Crippen LogP contribution in [0.5, 0.6) is 5.75 Å². The second kappa shape index (κ2) is 10.2. The average Bonchev–Trinajstić information content (AvgIpc) is 3.39. The third-order valence-corrected chi connectivity index (χ3v) is 6.29. The Morgan fingerprint density at radius 1 is 1.00 bits per heavy atom. The molecule has 192 valence electrons. The highest BCUT2D eigenvalue weighted by Gasteiger charge is 2.15. The van der Waals surface area contributed by atoms with Crippen molar-refractivity contribution in [1.29, 1.82) is 0 Å². The summed E-state index contributed by atoms with van der Waals surface area (Å²) in [7, 11) is 3.19. The van der Waals surface area contributed by atoms with Gasteiger partial charge in [-0.2, -0.15) is 4.98 Å². The number of carbonyl (C=O) groups excluding carboxylic acids is 1. The molecule has 0 radical (unpaired) electrons. The van der Waals surface area contributed by atoms with Crippen molar-refractivity contribution in [3.63, 3.8) is 0 Å². The lowest BCUT2D eigenvalue weighted by molar-refractivity contribution is 0.0951. The van der Waals surface area contributed by atoms with Crippen LogP contribution in [-0.4, -0.2) is 32.3 Å². The van der Waals surface area contributed by atoms with E-state index in [0.29, 0.717) is 29.3 Å². The van der Waals surface area contributed by atoms with E-state index in [1.165, 1.54) is 10.6 Å². The lowest BCUT2D eigenvalue weighted by Crippen LogP contribution is -2.39. The van der Waals surface area contributed by atoms with E-state index in [1.54, 1.807) is 57.5 Å². The smallest absolute Gasteiger partial charge is 0.331 e. The number of ether oxygens (including phenoxy) is 1. The van der Waals surface area contributed by atoms with Crippen LogP contribution in [0.15, 0.2) is 80.8 Å². The molecule has 0 saturated carbocycles. The van der Waals surface area contributed by atoms with E-state index >= 15 is 0 Å². The molecule has 2 heterocycles. The van der Waals surface area contributed by atoms with Crippen molar-refractivity contribution in [2.24, 2.45) is 7.05 Å². The number of aromatic nitrogens is 4. The minimum absolute atomic E-state index is 0.0679. The van der Waals surface area contributed by atoms with Crippen LogP contribution >= 0.6 is 0 Å². The number of aryl methyl sites for hydroxylation is 2. The Bertz CT molecular complexity index is 1750. The van der Waals surface area contributed by atoms with Gasteiger partial charge in [0, 0.05) is 24.7 Å². The monoisotopic (exact) mass is 511 g/mol. The first-order valence-corrected chi connectivity index (χ1v) is 11.9. The Morgan fingerprint density at radius 3 is 2.37 bits per heavy atom. The molecule has 5 rings (SSSR count). The third-order valence-electron chi connectivity index (χ3n) is 6.29. The number of methoxy groups -OCH3 is 1. The van der Waals surface area contributed by atoms with Gasteiger partial charge in [0.15, 0.2) is 5.82 Å². The summed E-state index contributed by atoms with van der Waals surface area (Å²) >= 11 is 0. The van der Waals surface area contributed by atoms with Crippen LogP contribution < -0.4 is 21.3 Å². The molecule has 10 heteroatoms. The molecular formula is C28H25N5O5. The zero-order valence-electron chi connectivity index (χ0n) is 21.1. The van der Waals surface area contributed by atoms with Gasteiger partial charge in [0.05, 0.1) is 24.6 Å². The summed E-state index contributed by atoms with van der Waals surface area (Å²) in [5.74, 6) is 1.33. The summed E-state index contributed by atoms with van der Waals surface area (Å²) in [6, 6.07) is 19.3. The Hall–Kier alpha value is -4.99. The maximum atomic E-state index is 13.4. The first-order chi connectivity index (χ1) is 18.3. The molecular weight excluding hydrogens is 486 g/mol. The SMILES string of the molecule is COc1ccc(CNC(=O)c2ccc3c(c2)c(=O)n(Cc2ccc(-c4nc(C)no4)cc2)c(=O)n3C)cc1. The van der Waals surface area contributed by atoms with Crippen molar-refractivity contribution >= 4 is 16.8 Å². The molecule has 1 N–H and O–H groups in total. The lowest BCUT2D eigenvalue weighted by Gasteiger charge is -2.12. The van der Waals surface area contributed by atoms with Gasteiger partial charge < -0.3 is 14.6 Å². The normalized spacial score (nSPS) is 11.0. The number of carbonyl (C=O) groups is 1. The van der Waals surface area contributed by atoms with Crippen LogP contribution in [0.25, 0.3) is 22.4 Å². The van der Waals surface area contributed by atoms with Gasteiger partial charge in [0.2, 0.25) is 0 Å². The van der Waals surface area contributed by atoms with Gasteiger partial charge in [-0.3, -0.25) is 18.7 Å². The molecule has 0 saturated heterocycles. The van der Waals surface area contributed by atoms with Crippen molar-refractivity contribution in [1.82, 2.24) is 24.6 Å². The quantitative estimate of drug-likeness (QED) is 0.356. The molecule has 0 aliphatic carbocycles. The van der Waals surface area contributed by atoms with Gasteiger partial charge in [0.1, 0.15) is 5.75 Å². The maximum Gasteiger partial charge on any atom is 0.331 e. The molecule has 0 atom stereocenters. The number of amides is 1. The van der Waals surface area contributed by atoms with E-state index in [0.717, 1.165) is 27.0 Å². The summed E-state index contributed by atoms with van der Waals surface area (Å²) in [6.07, 6.45) is 0. The molecule has 0 aliphatic rings. The zero-order valence-corrected chi connectivity index (χ0v) is 21.1. The standard InChI is InChI=1S/C28H25N5O5/c1-17-30-26(38-31-17)20-8-4-19(5-9-20)16-33-27(35)23-14-21(10-13-24(23)32(2)28(33)36)25(34)29-15-18-6-11-22(37-3)12-7-18/h4-14H,15-16H2,1-3H3,(H,29,34). The van der Waals surface area contributed by atoms with Gasteiger partial charge >= 0.3 is 5.69 Å². The van der Waals surface area contributed by atoms with Crippen LogP contribution in [0.1, 0.15) is 27.3 Å². The van der Waals surface area contributed by atoms with Crippen LogP contribution in [0.3, 0.4) is 0 Å². The molecule has 38 heavy (non-hydrogen) atoms. The Kier molecular flexibility index (Phi) is 6.61. The highest BCUT2D eigenvalue weighted by Crippen LogP contribution is 2.18. The molecule has 10 nitrogen and oxygen atoms in total. The fourth-order valence-electron chi connectivity index (χ4n) is 4.17. The number of benzene rings is 3. The molecule has 0 bridgehead atoms. The number of fused-ring (bicyclic) bond motifs is 1. The predicted octanol–water partition coefficient (Wildman–Crippen LogP) is 3.05. The van der Waals surface area contributed by atoms with Gasteiger partial charge in [-0.05, 0) is 60.5 Å². The molecule has 0 spiro atoms. The van der Waals surface area contributed by atoms with Crippen molar-refractivity contribution in [3.05, 3.63) is 110 Å². The summed E-state index contributed by atoms with van der Waals surface area (Å²) in [6.45, 7) is 2.12. The molecule has 0 fully saturated rings. The van der Waals surface area contributed by atoms with Gasteiger partial charge in [-0.15, -0.1) is 0 Å². The number of nitrogens with one attached hydrogen (secondary N) is 1. The fraction of sp³-hybridized carbons (Fsp3) is 0.179. The minimum atomic E-state index is -0.468. The number of rotatable bonds is 7. The predicted molar refractivity (Wildman–Crippen MR) is 141 cm³/mol. The van der Waals surface area contributed by atoms with Crippen LogP contribution in [0.2, 0.25) is 0 Å². The van der Waals surface area contributed by atoms with E-state index in [9.17, 15) is 14.4 Å². The Labute approximate surface area is 217 Å². The van der Waals surface area contributed by atoms with Crippen LogP contribution in [-0.2, 0) is 20.1 Å². The summed E-state index contributed by atoms with van der Waals surface area (Å²) in [5, 5.41) is 6.93. The minimum Gasteiger partial charge on any atom is -0.497 e.